The van der Waals surface area contributed by atoms with Crippen molar-refractivity contribution in [2.75, 3.05) is 0 Å². The normalized spacial score (nSPS) is 8.84. The molecule has 0 saturated carbocycles. The molecular formula is C30H27HfO6-3. The van der Waals surface area contributed by atoms with Crippen molar-refractivity contribution in [3.8, 4) is 0 Å². The Morgan fingerprint density at radius 2 is 0.595 bits per heavy atom. The van der Waals surface area contributed by atoms with E-state index in [-0.39, 0.29) is 60.5 Å². The third-order valence-electron chi connectivity index (χ3n) is 4.18. The Hall–Kier alpha value is -3.84. The molecule has 3 aromatic carbocycles. The van der Waals surface area contributed by atoms with E-state index in [2.05, 4.69) is 0 Å². The first kappa shape index (κ1) is 33.2. The summed E-state index contributed by atoms with van der Waals surface area (Å²) in [6.45, 7) is 4.09. The van der Waals surface area contributed by atoms with Gasteiger partial charge in [0.25, 0.3) is 0 Å². The van der Waals surface area contributed by atoms with Crippen molar-refractivity contribution in [1.82, 2.24) is 0 Å². The molecule has 0 saturated heterocycles. The van der Waals surface area contributed by atoms with Gasteiger partial charge in [-0.3, -0.25) is 0 Å². The Morgan fingerprint density at radius 3 is 0.757 bits per heavy atom. The number of carbonyl (C=O) groups is 6. The minimum atomic E-state index is -0.233. The van der Waals surface area contributed by atoms with E-state index in [0.717, 1.165) is 19.3 Å². The van der Waals surface area contributed by atoms with Crippen LogP contribution in [0.3, 0.4) is 0 Å². The quantitative estimate of drug-likeness (QED) is 0.139. The Morgan fingerprint density at radius 1 is 0.405 bits per heavy atom. The summed E-state index contributed by atoms with van der Waals surface area (Å²) in [5.74, 6) is -1.36. The molecule has 0 aliphatic carbocycles. The Bertz CT molecular complexity index is 1020. The van der Waals surface area contributed by atoms with Crippen LogP contribution < -0.4 is 0 Å². The van der Waals surface area contributed by atoms with Gasteiger partial charge in [-0.05, 0) is 20.8 Å². The summed E-state index contributed by atoms with van der Waals surface area (Å²) in [6, 6.07) is 26.2. The maximum atomic E-state index is 11.2. The van der Waals surface area contributed by atoms with E-state index in [4.69, 9.17) is 0 Å². The summed E-state index contributed by atoms with van der Waals surface area (Å²) < 4.78 is 0. The van der Waals surface area contributed by atoms with Gasteiger partial charge in [0.05, 0.1) is 17.3 Å². The molecule has 37 heavy (non-hydrogen) atoms. The van der Waals surface area contributed by atoms with Gasteiger partial charge in [0.2, 0.25) is 0 Å². The van der Waals surface area contributed by atoms with Crippen LogP contribution >= 0.6 is 0 Å². The maximum absolute atomic E-state index is 11.2. The maximum Gasteiger partial charge on any atom is 0.0768 e. The van der Waals surface area contributed by atoms with Crippen molar-refractivity contribution >= 4 is 34.7 Å². The Kier molecular flexibility index (Phi) is 16.5. The fourth-order valence-electron chi connectivity index (χ4n) is 2.61. The second-order valence-corrected chi connectivity index (χ2v) is 7.46. The van der Waals surface area contributed by atoms with Gasteiger partial charge in [0, 0.05) is 43.2 Å². The van der Waals surface area contributed by atoms with Crippen molar-refractivity contribution in [2.45, 2.75) is 20.8 Å². The standard InChI is InChI=1S/3C10H9O2.Hf/c3*1-8(11)7-10(12)9-5-3-2-4-6-9;/h3*2-7H,1H3;/q3*-1;. The topological polar surface area (TPSA) is 102 Å². The predicted octanol–water partition coefficient (Wildman–Crippen LogP) is 4.99. The van der Waals surface area contributed by atoms with Crippen molar-refractivity contribution in [3.63, 3.8) is 0 Å². The molecule has 0 aromatic heterocycles. The molecule has 0 bridgehead atoms. The number of hydrogen-bond donors (Lipinski definition) is 0. The minimum Gasteiger partial charge on any atom is -0.331 e. The first-order chi connectivity index (χ1) is 17.1. The van der Waals surface area contributed by atoms with Crippen LogP contribution in [0.2, 0.25) is 0 Å². The van der Waals surface area contributed by atoms with Gasteiger partial charge < -0.3 is 28.8 Å². The average Bonchev–Trinajstić information content (AvgIpc) is 2.85. The van der Waals surface area contributed by atoms with Crippen molar-refractivity contribution < 1.29 is 54.6 Å². The van der Waals surface area contributed by atoms with Crippen molar-refractivity contribution in [2.24, 2.45) is 0 Å². The zero-order chi connectivity index (χ0) is 26.9. The smallest absolute Gasteiger partial charge is 0.0768 e. The number of rotatable bonds is 9. The van der Waals surface area contributed by atoms with Gasteiger partial charge >= 0.3 is 0 Å². The van der Waals surface area contributed by atoms with Crippen LogP contribution in [0.25, 0.3) is 0 Å². The first-order valence-corrected chi connectivity index (χ1v) is 10.9. The number of ketones is 6. The molecule has 3 rings (SSSR count). The van der Waals surface area contributed by atoms with Crippen LogP contribution in [0.15, 0.2) is 91.0 Å². The molecular weight excluding hydrogens is 635 g/mol. The van der Waals surface area contributed by atoms with Crippen LogP contribution in [-0.4, -0.2) is 34.7 Å². The predicted molar refractivity (Wildman–Crippen MR) is 137 cm³/mol. The van der Waals surface area contributed by atoms with E-state index in [0.29, 0.717) is 16.7 Å². The molecule has 0 heterocycles. The van der Waals surface area contributed by atoms with E-state index in [1.807, 2.05) is 18.2 Å². The van der Waals surface area contributed by atoms with Gasteiger partial charge in [-0.1, -0.05) is 54.6 Å². The molecule has 0 amide bonds. The summed E-state index contributed by atoms with van der Waals surface area (Å²) in [4.78, 5) is 65.2. The molecule has 6 nitrogen and oxygen atoms in total. The molecule has 0 radical (unpaired) electrons. The zero-order valence-corrected chi connectivity index (χ0v) is 24.4. The van der Waals surface area contributed by atoms with E-state index in [1.54, 1.807) is 72.8 Å². The van der Waals surface area contributed by atoms with Crippen LogP contribution in [0, 0.1) is 19.3 Å². The number of benzene rings is 3. The summed E-state index contributed by atoms with van der Waals surface area (Å²) >= 11 is 0. The number of carbonyl (C=O) groups excluding carboxylic acids is 6. The summed E-state index contributed by atoms with van der Waals surface area (Å²) in [5.41, 5.74) is 1.65. The first-order valence-electron chi connectivity index (χ1n) is 10.9. The van der Waals surface area contributed by atoms with Gasteiger partial charge in [0.1, 0.15) is 0 Å². The Balaban J connectivity index is 0.000000518. The summed E-state index contributed by atoms with van der Waals surface area (Å²) in [5, 5.41) is 0. The van der Waals surface area contributed by atoms with E-state index < -0.39 is 0 Å². The van der Waals surface area contributed by atoms with Crippen LogP contribution in [-0.2, 0) is 40.2 Å². The van der Waals surface area contributed by atoms with Gasteiger partial charge in [-0.25, -0.2) is 0 Å². The van der Waals surface area contributed by atoms with Crippen LogP contribution in [0.4, 0.5) is 0 Å². The van der Waals surface area contributed by atoms with Crippen LogP contribution in [0.5, 0.6) is 0 Å². The molecule has 0 aliphatic rings. The second kappa shape index (κ2) is 18.4. The summed E-state index contributed by atoms with van der Waals surface area (Å²) in [7, 11) is 0. The minimum absolute atomic E-state index is 0. The van der Waals surface area contributed by atoms with Crippen molar-refractivity contribution in [3.05, 3.63) is 127 Å². The second-order valence-electron chi connectivity index (χ2n) is 7.46. The molecule has 0 aliphatic heterocycles. The fraction of sp³-hybridized carbons (Fsp3) is 0.100. The van der Waals surface area contributed by atoms with Gasteiger partial charge in [0.15, 0.2) is 0 Å². The number of Topliss-reactive ketones (excluding diaryl/α,β-unsaturated/α-hetero) is 6. The largest absolute Gasteiger partial charge is 0.331 e. The molecule has 0 fully saturated rings. The molecule has 7 heteroatoms. The molecule has 0 N–H and O–H groups in total. The van der Waals surface area contributed by atoms with Gasteiger partial charge in [-0.2, -0.15) is 0 Å². The third-order valence-corrected chi connectivity index (χ3v) is 4.18. The monoisotopic (exact) mass is 663 g/mol. The molecule has 0 spiro atoms. The average molecular weight is 662 g/mol. The van der Waals surface area contributed by atoms with Crippen LogP contribution in [0.1, 0.15) is 51.8 Å². The molecule has 0 unspecified atom stereocenters. The van der Waals surface area contributed by atoms with E-state index >= 15 is 0 Å². The van der Waals surface area contributed by atoms with E-state index in [9.17, 15) is 28.8 Å². The zero-order valence-electron chi connectivity index (χ0n) is 20.8. The number of hydrogen-bond acceptors (Lipinski definition) is 6. The molecule has 190 valence electrons. The third kappa shape index (κ3) is 15.0. The van der Waals surface area contributed by atoms with Crippen molar-refractivity contribution in [1.29, 1.82) is 0 Å². The van der Waals surface area contributed by atoms with E-state index in [1.165, 1.54) is 20.8 Å². The van der Waals surface area contributed by atoms with Gasteiger partial charge in [-0.15, -0.1) is 72.4 Å². The Labute approximate surface area is 236 Å². The fourth-order valence-corrected chi connectivity index (χ4v) is 2.61. The molecule has 3 aromatic rings. The summed E-state index contributed by atoms with van der Waals surface area (Å²) in [6.07, 6.45) is 3.28. The molecule has 0 atom stereocenters. The SMILES string of the molecule is CC(=O)[CH-]C(=O)c1ccccc1.CC(=O)[CH-]C(=O)c1ccccc1.CC(=O)[CH-]C(=O)c1ccccc1.[Hf].